The first kappa shape index (κ1) is 10.1. The zero-order valence-corrected chi connectivity index (χ0v) is 8.64. The van der Waals surface area contributed by atoms with Crippen molar-refractivity contribution in [3.63, 3.8) is 0 Å². The molecule has 2 rings (SSSR count). The SMILES string of the molecule is CC(NC1CCOC1=O)c1cccnc1. The van der Waals surface area contributed by atoms with Crippen LogP contribution in [0.15, 0.2) is 24.5 Å². The van der Waals surface area contributed by atoms with E-state index < -0.39 is 0 Å². The van der Waals surface area contributed by atoms with Crippen molar-refractivity contribution in [2.24, 2.45) is 0 Å². The fourth-order valence-corrected chi connectivity index (χ4v) is 1.68. The van der Waals surface area contributed by atoms with Gasteiger partial charge in [-0.15, -0.1) is 0 Å². The van der Waals surface area contributed by atoms with Crippen LogP contribution in [-0.2, 0) is 9.53 Å². The van der Waals surface area contributed by atoms with E-state index >= 15 is 0 Å². The quantitative estimate of drug-likeness (QED) is 0.751. The van der Waals surface area contributed by atoms with Crippen molar-refractivity contribution >= 4 is 5.97 Å². The molecule has 0 saturated carbocycles. The minimum atomic E-state index is -0.166. The second kappa shape index (κ2) is 4.40. The summed E-state index contributed by atoms with van der Waals surface area (Å²) in [4.78, 5) is 15.3. The molecule has 15 heavy (non-hydrogen) atoms. The number of cyclic esters (lactones) is 1. The summed E-state index contributed by atoms with van der Waals surface area (Å²) >= 11 is 0. The molecule has 1 aromatic heterocycles. The highest BCUT2D eigenvalue weighted by Crippen LogP contribution is 2.14. The molecule has 0 aromatic carbocycles. The highest BCUT2D eigenvalue weighted by atomic mass is 16.5. The highest BCUT2D eigenvalue weighted by Gasteiger charge is 2.27. The third-order valence-electron chi connectivity index (χ3n) is 2.57. The average molecular weight is 206 g/mol. The van der Waals surface area contributed by atoms with Gasteiger partial charge in [0.05, 0.1) is 6.61 Å². The zero-order valence-electron chi connectivity index (χ0n) is 8.64. The van der Waals surface area contributed by atoms with Gasteiger partial charge in [-0.2, -0.15) is 0 Å². The second-order valence-corrected chi connectivity index (χ2v) is 3.68. The fourth-order valence-electron chi connectivity index (χ4n) is 1.68. The number of carbonyl (C=O) groups is 1. The summed E-state index contributed by atoms with van der Waals surface area (Å²) in [6, 6.07) is 3.83. The Balaban J connectivity index is 1.98. The first-order valence-corrected chi connectivity index (χ1v) is 5.10. The maximum atomic E-state index is 11.2. The molecule has 2 unspecified atom stereocenters. The van der Waals surface area contributed by atoms with E-state index in [0.717, 1.165) is 12.0 Å². The molecule has 1 aromatic rings. The van der Waals surface area contributed by atoms with Gasteiger partial charge in [0.15, 0.2) is 0 Å². The van der Waals surface area contributed by atoms with Crippen LogP contribution in [0.3, 0.4) is 0 Å². The molecule has 4 nitrogen and oxygen atoms in total. The van der Waals surface area contributed by atoms with Gasteiger partial charge in [0.2, 0.25) is 0 Å². The number of nitrogens with one attached hydrogen (secondary N) is 1. The molecule has 0 spiro atoms. The Morgan fingerprint density at radius 2 is 2.53 bits per heavy atom. The summed E-state index contributed by atoms with van der Waals surface area (Å²) in [5.74, 6) is -0.147. The van der Waals surface area contributed by atoms with Crippen LogP contribution < -0.4 is 5.32 Å². The van der Waals surface area contributed by atoms with Crippen molar-refractivity contribution < 1.29 is 9.53 Å². The van der Waals surface area contributed by atoms with Gasteiger partial charge in [0.1, 0.15) is 6.04 Å². The Hall–Kier alpha value is -1.42. The molecule has 2 heterocycles. The van der Waals surface area contributed by atoms with E-state index in [0.29, 0.717) is 6.61 Å². The van der Waals surface area contributed by atoms with Crippen LogP contribution in [0, 0.1) is 0 Å². The molecule has 0 bridgehead atoms. The lowest BCUT2D eigenvalue weighted by Crippen LogP contribution is -2.35. The van der Waals surface area contributed by atoms with Gasteiger partial charge in [0, 0.05) is 24.9 Å². The predicted molar refractivity (Wildman–Crippen MR) is 55.2 cm³/mol. The maximum absolute atomic E-state index is 11.2. The lowest BCUT2D eigenvalue weighted by molar-refractivity contribution is -0.139. The molecule has 1 fully saturated rings. The van der Waals surface area contributed by atoms with Crippen molar-refractivity contribution in [3.05, 3.63) is 30.1 Å². The summed E-state index contributed by atoms with van der Waals surface area (Å²) in [6.45, 7) is 2.54. The molecule has 4 heteroatoms. The van der Waals surface area contributed by atoms with E-state index in [1.807, 2.05) is 19.1 Å². The lowest BCUT2D eigenvalue weighted by Gasteiger charge is -2.16. The molecule has 1 saturated heterocycles. The number of aromatic nitrogens is 1. The van der Waals surface area contributed by atoms with Gasteiger partial charge in [0.25, 0.3) is 0 Å². The van der Waals surface area contributed by atoms with Gasteiger partial charge in [-0.3, -0.25) is 15.1 Å². The van der Waals surface area contributed by atoms with Gasteiger partial charge in [-0.05, 0) is 18.6 Å². The van der Waals surface area contributed by atoms with E-state index in [4.69, 9.17) is 4.74 Å². The maximum Gasteiger partial charge on any atom is 0.323 e. The summed E-state index contributed by atoms with van der Waals surface area (Å²) in [5, 5.41) is 3.23. The highest BCUT2D eigenvalue weighted by molar-refractivity contribution is 5.77. The smallest absolute Gasteiger partial charge is 0.323 e. The van der Waals surface area contributed by atoms with Crippen molar-refractivity contribution in [1.82, 2.24) is 10.3 Å². The minimum Gasteiger partial charge on any atom is -0.464 e. The minimum absolute atomic E-state index is 0.120. The second-order valence-electron chi connectivity index (χ2n) is 3.68. The molecule has 2 atom stereocenters. The standard InChI is InChI=1S/C11H14N2O2/c1-8(9-3-2-5-12-7-9)13-10-4-6-15-11(10)14/h2-3,5,7-8,10,13H,4,6H2,1H3. The van der Waals surface area contributed by atoms with Crippen LogP contribution in [0.25, 0.3) is 0 Å². The Kier molecular flexibility index (Phi) is 2.97. The summed E-state index contributed by atoms with van der Waals surface area (Å²) in [6.07, 6.45) is 4.29. The zero-order chi connectivity index (χ0) is 10.7. The number of ether oxygens (including phenoxy) is 1. The third-order valence-corrected chi connectivity index (χ3v) is 2.57. The molecule has 80 valence electrons. The molecule has 0 aliphatic carbocycles. The number of hydrogen-bond acceptors (Lipinski definition) is 4. The van der Waals surface area contributed by atoms with Crippen LogP contribution in [0.1, 0.15) is 24.9 Å². The fraction of sp³-hybridized carbons (Fsp3) is 0.455. The van der Waals surface area contributed by atoms with E-state index in [9.17, 15) is 4.79 Å². The van der Waals surface area contributed by atoms with Crippen molar-refractivity contribution in [1.29, 1.82) is 0 Å². The number of hydrogen-bond donors (Lipinski definition) is 1. The topological polar surface area (TPSA) is 51.2 Å². The van der Waals surface area contributed by atoms with Gasteiger partial charge < -0.3 is 4.74 Å². The van der Waals surface area contributed by atoms with Gasteiger partial charge in [-0.25, -0.2) is 0 Å². The number of nitrogens with zero attached hydrogens (tertiary/aromatic N) is 1. The Labute approximate surface area is 88.7 Å². The largest absolute Gasteiger partial charge is 0.464 e. The Morgan fingerprint density at radius 1 is 1.67 bits per heavy atom. The first-order chi connectivity index (χ1) is 7.27. The van der Waals surface area contributed by atoms with Gasteiger partial charge >= 0.3 is 5.97 Å². The summed E-state index contributed by atoms with van der Waals surface area (Å²) in [7, 11) is 0. The first-order valence-electron chi connectivity index (χ1n) is 5.10. The third kappa shape index (κ3) is 2.33. The van der Waals surface area contributed by atoms with Crippen LogP contribution in [0.5, 0.6) is 0 Å². The van der Waals surface area contributed by atoms with Crippen LogP contribution >= 0.6 is 0 Å². The molecular weight excluding hydrogens is 192 g/mol. The monoisotopic (exact) mass is 206 g/mol. The van der Waals surface area contributed by atoms with E-state index in [-0.39, 0.29) is 18.1 Å². The molecule has 1 aliphatic rings. The normalized spacial score (nSPS) is 22.5. The van der Waals surface area contributed by atoms with E-state index in [2.05, 4.69) is 10.3 Å². The van der Waals surface area contributed by atoms with Crippen molar-refractivity contribution in [2.75, 3.05) is 6.61 Å². The van der Waals surface area contributed by atoms with Crippen molar-refractivity contribution in [3.8, 4) is 0 Å². The lowest BCUT2D eigenvalue weighted by atomic mass is 10.1. The van der Waals surface area contributed by atoms with Crippen LogP contribution in [0.2, 0.25) is 0 Å². The number of rotatable bonds is 3. The van der Waals surface area contributed by atoms with E-state index in [1.165, 1.54) is 0 Å². The molecule has 0 amide bonds. The number of esters is 1. The number of carbonyl (C=O) groups excluding carboxylic acids is 1. The number of pyridine rings is 1. The average Bonchev–Trinajstić information content (AvgIpc) is 2.66. The molecule has 0 radical (unpaired) electrons. The molecular formula is C11H14N2O2. The van der Waals surface area contributed by atoms with Crippen molar-refractivity contribution in [2.45, 2.75) is 25.4 Å². The summed E-state index contributed by atoms with van der Waals surface area (Å²) in [5.41, 5.74) is 1.08. The van der Waals surface area contributed by atoms with Crippen LogP contribution in [0.4, 0.5) is 0 Å². The van der Waals surface area contributed by atoms with E-state index in [1.54, 1.807) is 12.4 Å². The predicted octanol–water partition coefficient (Wildman–Crippen LogP) is 1.05. The Morgan fingerprint density at radius 3 is 3.13 bits per heavy atom. The van der Waals surface area contributed by atoms with Gasteiger partial charge in [-0.1, -0.05) is 6.07 Å². The Bertz CT molecular complexity index is 340. The summed E-state index contributed by atoms with van der Waals surface area (Å²) < 4.78 is 4.89. The molecule has 1 aliphatic heterocycles. The molecule has 1 N–H and O–H groups in total. The van der Waals surface area contributed by atoms with Crippen LogP contribution in [-0.4, -0.2) is 23.6 Å².